The highest BCUT2D eigenvalue weighted by atomic mass is 16.6. The van der Waals surface area contributed by atoms with Crippen molar-refractivity contribution in [3.63, 3.8) is 0 Å². The average Bonchev–Trinajstić information content (AvgIpc) is 2.95. The molecule has 0 bridgehead atoms. The maximum atomic E-state index is 10.6. The highest BCUT2D eigenvalue weighted by molar-refractivity contribution is 5.84. The fourth-order valence-electron chi connectivity index (χ4n) is 1.28. The lowest BCUT2D eigenvalue weighted by Gasteiger charge is -1.99. The largest absolute Gasteiger partial charge is 0.476 e. The van der Waals surface area contributed by atoms with Crippen molar-refractivity contribution in [2.45, 2.75) is 13.1 Å². The third-order valence-electron chi connectivity index (χ3n) is 2.15. The smallest absolute Gasteiger partial charge is 0.358 e. The fourth-order valence-corrected chi connectivity index (χ4v) is 1.28. The molecule has 2 aromatic heterocycles. The van der Waals surface area contributed by atoms with Gasteiger partial charge < -0.3 is 5.11 Å². The Morgan fingerprint density at radius 1 is 1.39 bits per heavy atom. The molecule has 10 heteroatoms. The van der Waals surface area contributed by atoms with Crippen molar-refractivity contribution >= 4 is 11.7 Å². The van der Waals surface area contributed by atoms with Gasteiger partial charge in [-0.25, -0.2) is 9.48 Å². The summed E-state index contributed by atoms with van der Waals surface area (Å²) in [6.45, 7) is 0.648. The van der Waals surface area contributed by atoms with Gasteiger partial charge in [-0.05, 0) is 0 Å². The van der Waals surface area contributed by atoms with E-state index in [1.807, 2.05) is 0 Å². The summed E-state index contributed by atoms with van der Waals surface area (Å²) in [4.78, 5) is 20.4. The monoisotopic (exact) mass is 252 g/mol. The van der Waals surface area contributed by atoms with Crippen LogP contribution in [0.1, 0.15) is 10.5 Å². The zero-order valence-corrected chi connectivity index (χ0v) is 9.00. The molecule has 94 valence electrons. The minimum atomic E-state index is -1.16. The van der Waals surface area contributed by atoms with E-state index >= 15 is 0 Å². The molecule has 2 heterocycles. The van der Waals surface area contributed by atoms with Gasteiger partial charge in [0.2, 0.25) is 0 Å². The number of aryl methyl sites for hydroxylation is 2. The molecule has 0 aromatic carbocycles. The van der Waals surface area contributed by atoms with E-state index in [9.17, 15) is 14.9 Å². The van der Waals surface area contributed by atoms with Gasteiger partial charge in [0.15, 0.2) is 5.69 Å². The maximum Gasteiger partial charge on any atom is 0.358 e. The average molecular weight is 252 g/mol. The molecular formula is C8H8N6O4. The van der Waals surface area contributed by atoms with E-state index in [1.54, 1.807) is 0 Å². The number of carbonyl (C=O) groups is 1. The first-order valence-corrected chi connectivity index (χ1v) is 4.86. The predicted molar refractivity (Wildman–Crippen MR) is 55.9 cm³/mol. The molecule has 2 aromatic rings. The van der Waals surface area contributed by atoms with Gasteiger partial charge in [0.05, 0.1) is 24.2 Å². The maximum absolute atomic E-state index is 10.6. The summed E-state index contributed by atoms with van der Waals surface area (Å²) in [5.41, 5.74) is -0.249. The summed E-state index contributed by atoms with van der Waals surface area (Å²) in [6, 6.07) is 0. The van der Waals surface area contributed by atoms with Crippen molar-refractivity contribution in [1.82, 2.24) is 24.8 Å². The number of carboxylic acid groups (broad SMARTS) is 1. The van der Waals surface area contributed by atoms with Gasteiger partial charge in [0.1, 0.15) is 12.4 Å². The molecule has 0 atom stereocenters. The van der Waals surface area contributed by atoms with Gasteiger partial charge >= 0.3 is 11.7 Å². The molecule has 0 amide bonds. The Morgan fingerprint density at radius 2 is 2.11 bits per heavy atom. The number of carboxylic acids is 1. The molecule has 0 spiro atoms. The SMILES string of the molecule is O=C(O)c1cn(CCn2cc([N+](=O)[O-])cn2)nn1. The van der Waals surface area contributed by atoms with Gasteiger partial charge in [-0.1, -0.05) is 5.21 Å². The molecule has 2 rings (SSSR count). The van der Waals surface area contributed by atoms with Crippen LogP contribution in [0.25, 0.3) is 0 Å². The van der Waals surface area contributed by atoms with Crippen LogP contribution in [0.4, 0.5) is 5.69 Å². The minimum Gasteiger partial charge on any atom is -0.476 e. The van der Waals surface area contributed by atoms with Gasteiger partial charge in [-0.3, -0.25) is 14.8 Å². The molecule has 0 saturated heterocycles. The Kier molecular flexibility index (Phi) is 3.00. The van der Waals surface area contributed by atoms with Crippen LogP contribution in [-0.2, 0) is 13.1 Å². The summed E-state index contributed by atoms with van der Waals surface area (Å²) in [6.07, 6.45) is 3.71. The zero-order valence-electron chi connectivity index (χ0n) is 9.00. The Bertz CT molecular complexity index is 536. The standard InChI is InChI=1S/C8H8N6O4/c15-8(16)7-5-13(11-10-7)2-1-12-4-6(3-9-12)14(17)18/h3-5H,1-2H2,(H,15,16). The van der Waals surface area contributed by atoms with Gasteiger partial charge in [-0.2, -0.15) is 5.10 Å². The van der Waals surface area contributed by atoms with Crippen molar-refractivity contribution < 1.29 is 14.8 Å². The molecule has 10 nitrogen and oxygen atoms in total. The Labute approximate surface area is 99.6 Å². The number of hydrogen-bond donors (Lipinski definition) is 1. The minimum absolute atomic E-state index is 0.0974. The van der Waals surface area contributed by atoms with Crippen LogP contribution in [0.5, 0.6) is 0 Å². The van der Waals surface area contributed by atoms with Crippen LogP contribution in [-0.4, -0.2) is 40.8 Å². The Balaban J connectivity index is 1.97. The summed E-state index contributed by atoms with van der Waals surface area (Å²) >= 11 is 0. The molecule has 0 aliphatic carbocycles. The summed E-state index contributed by atoms with van der Waals surface area (Å²) < 4.78 is 2.71. The van der Waals surface area contributed by atoms with E-state index in [0.717, 1.165) is 6.20 Å². The van der Waals surface area contributed by atoms with E-state index in [0.29, 0.717) is 13.1 Å². The topological polar surface area (TPSA) is 129 Å². The van der Waals surface area contributed by atoms with E-state index in [-0.39, 0.29) is 11.4 Å². The van der Waals surface area contributed by atoms with Gasteiger partial charge in [0.25, 0.3) is 0 Å². The number of nitrogens with zero attached hydrogens (tertiary/aromatic N) is 6. The molecule has 0 unspecified atom stereocenters. The molecular weight excluding hydrogens is 244 g/mol. The second-order valence-electron chi connectivity index (χ2n) is 3.39. The summed E-state index contributed by atoms with van der Waals surface area (Å²) in [5, 5.41) is 29.9. The number of rotatable bonds is 5. The third kappa shape index (κ3) is 2.48. The molecule has 1 N–H and O–H groups in total. The first-order chi connectivity index (χ1) is 8.56. The predicted octanol–water partition coefficient (Wildman–Crippen LogP) is -0.219. The highest BCUT2D eigenvalue weighted by Crippen LogP contribution is 2.07. The molecule has 18 heavy (non-hydrogen) atoms. The van der Waals surface area contributed by atoms with Crippen LogP contribution in [0, 0.1) is 10.1 Å². The van der Waals surface area contributed by atoms with Crippen molar-refractivity contribution in [1.29, 1.82) is 0 Å². The second-order valence-corrected chi connectivity index (χ2v) is 3.39. The van der Waals surface area contributed by atoms with Crippen LogP contribution in [0.3, 0.4) is 0 Å². The van der Waals surface area contributed by atoms with Gasteiger partial charge in [0, 0.05) is 0 Å². The summed E-state index contributed by atoms with van der Waals surface area (Å²) in [7, 11) is 0. The quantitative estimate of drug-likeness (QED) is 0.575. The number of aromatic nitrogens is 5. The number of aromatic carboxylic acids is 1. The highest BCUT2D eigenvalue weighted by Gasteiger charge is 2.10. The number of nitro groups is 1. The normalized spacial score (nSPS) is 10.4. The molecule has 0 aliphatic rings. The van der Waals surface area contributed by atoms with E-state index < -0.39 is 10.9 Å². The van der Waals surface area contributed by atoms with Crippen molar-refractivity contribution in [2.24, 2.45) is 0 Å². The van der Waals surface area contributed by atoms with Crippen LogP contribution >= 0.6 is 0 Å². The number of hydrogen-bond acceptors (Lipinski definition) is 6. The van der Waals surface area contributed by atoms with Crippen LogP contribution in [0.15, 0.2) is 18.6 Å². The first-order valence-electron chi connectivity index (χ1n) is 4.86. The van der Waals surface area contributed by atoms with E-state index in [4.69, 9.17) is 5.11 Å². The zero-order chi connectivity index (χ0) is 13.1. The molecule has 0 saturated carbocycles. The Morgan fingerprint density at radius 3 is 2.67 bits per heavy atom. The van der Waals surface area contributed by atoms with Crippen LogP contribution in [0.2, 0.25) is 0 Å². The first kappa shape index (κ1) is 11.7. The van der Waals surface area contributed by atoms with Crippen molar-refractivity contribution in [2.75, 3.05) is 0 Å². The lowest BCUT2D eigenvalue weighted by molar-refractivity contribution is -0.385. The van der Waals surface area contributed by atoms with Crippen molar-refractivity contribution in [3.8, 4) is 0 Å². The van der Waals surface area contributed by atoms with Crippen molar-refractivity contribution in [3.05, 3.63) is 34.4 Å². The lowest BCUT2D eigenvalue weighted by atomic mass is 10.5. The molecule has 0 radical (unpaired) electrons. The molecule has 0 aliphatic heterocycles. The van der Waals surface area contributed by atoms with Crippen LogP contribution < -0.4 is 0 Å². The second kappa shape index (κ2) is 4.61. The fraction of sp³-hybridized carbons (Fsp3) is 0.250. The van der Waals surface area contributed by atoms with E-state index in [1.165, 1.54) is 21.8 Å². The summed E-state index contributed by atoms with van der Waals surface area (Å²) in [5.74, 6) is -1.16. The Hall–Kier alpha value is -2.78. The lowest BCUT2D eigenvalue weighted by Crippen LogP contribution is -2.08. The van der Waals surface area contributed by atoms with E-state index in [2.05, 4.69) is 15.4 Å². The van der Waals surface area contributed by atoms with Gasteiger partial charge in [-0.15, -0.1) is 5.10 Å². The third-order valence-corrected chi connectivity index (χ3v) is 2.15. The molecule has 0 fully saturated rings.